The topological polar surface area (TPSA) is 80.8 Å². The number of likely N-dealkylation sites (N-methyl/N-ethyl adjacent to an activating group) is 1. The van der Waals surface area contributed by atoms with Gasteiger partial charge in [-0.15, -0.1) is 12.4 Å². The minimum atomic E-state index is -0.408. The van der Waals surface area contributed by atoms with Crippen molar-refractivity contribution in [2.24, 2.45) is 0 Å². The molecule has 0 bridgehead atoms. The van der Waals surface area contributed by atoms with E-state index < -0.39 is 5.91 Å². The summed E-state index contributed by atoms with van der Waals surface area (Å²) in [5, 5.41) is 4.24. The van der Waals surface area contributed by atoms with Gasteiger partial charge in [0.1, 0.15) is 23.6 Å². The number of rotatable bonds is 9. The van der Waals surface area contributed by atoms with E-state index in [1.807, 2.05) is 55.5 Å². The number of carbonyl (C=O) groups is 2. The van der Waals surface area contributed by atoms with Crippen molar-refractivity contribution in [2.45, 2.75) is 13.5 Å². The van der Waals surface area contributed by atoms with Crippen LogP contribution in [0.3, 0.4) is 0 Å². The van der Waals surface area contributed by atoms with Gasteiger partial charge < -0.3 is 19.7 Å². The van der Waals surface area contributed by atoms with Gasteiger partial charge in [-0.05, 0) is 55.0 Å². The Morgan fingerprint density at radius 1 is 1.05 bits per heavy atom. The average molecular weight is 601 g/mol. The molecular formula is C30H28Cl3N3O4. The van der Waals surface area contributed by atoms with E-state index in [0.717, 1.165) is 22.2 Å². The monoisotopic (exact) mass is 599 g/mol. The van der Waals surface area contributed by atoms with Gasteiger partial charge in [0.05, 0.1) is 24.4 Å². The van der Waals surface area contributed by atoms with Gasteiger partial charge in [0.25, 0.3) is 0 Å². The Morgan fingerprint density at radius 3 is 2.60 bits per heavy atom. The summed E-state index contributed by atoms with van der Waals surface area (Å²) in [6.07, 6.45) is 3.00. The van der Waals surface area contributed by atoms with E-state index in [4.69, 9.17) is 32.7 Å². The Labute approximate surface area is 249 Å². The molecule has 0 aliphatic carbocycles. The number of aromatic nitrogens is 1. The molecule has 0 aliphatic heterocycles. The SMILES string of the molecule is COc1cccc(/C=C/C(=O)NCC(=O)N(C)c2ccc(Cl)c(COc3cccc4ccc(C)nc34)c2Cl)c1.Cl. The first-order valence-corrected chi connectivity index (χ1v) is 12.8. The number of hydrogen-bond donors (Lipinski definition) is 1. The number of ether oxygens (including phenoxy) is 2. The molecule has 0 saturated heterocycles. The number of nitrogens with one attached hydrogen (secondary N) is 1. The van der Waals surface area contributed by atoms with Crippen molar-refractivity contribution in [3.8, 4) is 11.5 Å². The number of methoxy groups -OCH3 is 1. The first-order valence-electron chi connectivity index (χ1n) is 12.1. The van der Waals surface area contributed by atoms with Gasteiger partial charge in [-0.3, -0.25) is 9.59 Å². The highest BCUT2D eigenvalue weighted by Gasteiger charge is 2.19. The number of halogens is 3. The molecule has 4 aromatic rings. The van der Waals surface area contributed by atoms with Crippen LogP contribution in [0.5, 0.6) is 11.5 Å². The van der Waals surface area contributed by atoms with Gasteiger partial charge in [-0.2, -0.15) is 0 Å². The fourth-order valence-corrected chi connectivity index (χ4v) is 4.46. The normalized spacial score (nSPS) is 10.7. The molecule has 0 saturated carbocycles. The maximum absolute atomic E-state index is 12.9. The molecule has 4 rings (SSSR count). The van der Waals surface area contributed by atoms with E-state index in [2.05, 4.69) is 10.3 Å². The van der Waals surface area contributed by atoms with Gasteiger partial charge in [0.15, 0.2) is 0 Å². The van der Waals surface area contributed by atoms with E-state index in [-0.39, 0.29) is 36.5 Å². The smallest absolute Gasteiger partial charge is 0.246 e. The third-order valence-electron chi connectivity index (χ3n) is 6.03. The van der Waals surface area contributed by atoms with Crippen LogP contribution >= 0.6 is 35.6 Å². The standard InChI is InChI=1S/C30H27Cl2N3O4.ClH/c1-19-10-12-21-7-5-9-26(30(21)34-19)39-18-23-24(31)13-14-25(29(23)32)35(2)28(37)17-33-27(36)15-11-20-6-4-8-22(16-20)38-3;/h4-16H,17-18H2,1-3H3,(H,33,36);1H/b15-11+;. The molecule has 40 heavy (non-hydrogen) atoms. The molecule has 2 amide bonds. The highest BCUT2D eigenvalue weighted by atomic mass is 35.5. The number of pyridine rings is 1. The predicted octanol–water partition coefficient (Wildman–Crippen LogP) is 6.65. The van der Waals surface area contributed by atoms with E-state index in [1.165, 1.54) is 11.0 Å². The Kier molecular flexibility index (Phi) is 10.8. The molecule has 0 aliphatic rings. The van der Waals surface area contributed by atoms with Gasteiger partial charge in [-0.25, -0.2) is 4.98 Å². The summed E-state index contributed by atoms with van der Waals surface area (Å²) in [4.78, 5) is 31.1. The number of amides is 2. The van der Waals surface area contributed by atoms with Gasteiger partial charge in [-0.1, -0.05) is 53.5 Å². The van der Waals surface area contributed by atoms with Crippen molar-refractivity contribution in [1.82, 2.24) is 10.3 Å². The van der Waals surface area contributed by atoms with Crippen molar-refractivity contribution in [3.05, 3.63) is 99.7 Å². The predicted molar refractivity (Wildman–Crippen MR) is 163 cm³/mol. The number of para-hydroxylation sites is 1. The number of anilines is 1. The Balaban J connectivity index is 0.00000441. The second-order valence-corrected chi connectivity index (χ2v) is 9.49. The zero-order chi connectivity index (χ0) is 27.9. The Hall–Kier alpha value is -3.78. The van der Waals surface area contributed by atoms with Crippen LogP contribution < -0.4 is 19.7 Å². The summed E-state index contributed by atoms with van der Waals surface area (Å²) in [5.74, 6) is 0.517. The third-order valence-corrected chi connectivity index (χ3v) is 6.81. The van der Waals surface area contributed by atoms with Crippen LogP contribution in [0.15, 0.2) is 72.8 Å². The van der Waals surface area contributed by atoms with Crippen LogP contribution in [0, 0.1) is 6.92 Å². The van der Waals surface area contributed by atoms with Crippen LogP contribution in [-0.2, 0) is 16.2 Å². The zero-order valence-corrected chi connectivity index (χ0v) is 24.4. The summed E-state index contributed by atoms with van der Waals surface area (Å²) >= 11 is 13.1. The molecule has 0 radical (unpaired) electrons. The molecule has 0 fully saturated rings. The van der Waals surface area contributed by atoms with Crippen molar-refractivity contribution < 1.29 is 19.1 Å². The third kappa shape index (κ3) is 7.45. The number of aryl methyl sites for hydroxylation is 1. The molecule has 3 aromatic carbocycles. The quantitative estimate of drug-likeness (QED) is 0.218. The first-order chi connectivity index (χ1) is 18.8. The van der Waals surface area contributed by atoms with Crippen molar-refractivity contribution in [2.75, 3.05) is 25.6 Å². The van der Waals surface area contributed by atoms with Gasteiger partial charge >= 0.3 is 0 Å². The van der Waals surface area contributed by atoms with Gasteiger partial charge in [0.2, 0.25) is 11.8 Å². The first kappa shape index (κ1) is 30.8. The zero-order valence-electron chi connectivity index (χ0n) is 22.1. The maximum atomic E-state index is 12.9. The molecular weight excluding hydrogens is 573 g/mol. The van der Waals surface area contributed by atoms with E-state index in [0.29, 0.717) is 27.8 Å². The van der Waals surface area contributed by atoms with E-state index in [1.54, 1.807) is 38.4 Å². The van der Waals surface area contributed by atoms with Gasteiger partial charge in [0, 0.05) is 34.8 Å². The van der Waals surface area contributed by atoms with E-state index in [9.17, 15) is 9.59 Å². The molecule has 1 heterocycles. The minimum Gasteiger partial charge on any atom is -0.497 e. The molecule has 1 aromatic heterocycles. The van der Waals surface area contributed by atoms with Crippen LogP contribution in [0.4, 0.5) is 5.69 Å². The molecule has 0 unspecified atom stereocenters. The summed E-state index contributed by atoms with van der Waals surface area (Å²) in [6, 6.07) is 20.2. The highest BCUT2D eigenvalue weighted by molar-refractivity contribution is 6.38. The number of carbonyl (C=O) groups excluding carboxylic acids is 2. The Morgan fingerprint density at radius 2 is 1.82 bits per heavy atom. The summed E-state index contributed by atoms with van der Waals surface area (Å²) < 4.78 is 11.2. The fourth-order valence-electron chi connectivity index (χ4n) is 3.85. The summed E-state index contributed by atoms with van der Waals surface area (Å²) in [7, 11) is 3.15. The summed E-state index contributed by atoms with van der Waals surface area (Å²) in [5.41, 5.74) is 3.39. The van der Waals surface area contributed by atoms with Crippen molar-refractivity contribution >= 4 is 70.1 Å². The molecule has 0 atom stereocenters. The maximum Gasteiger partial charge on any atom is 0.246 e. The lowest BCUT2D eigenvalue weighted by Crippen LogP contribution is -2.37. The van der Waals surface area contributed by atoms with Crippen LogP contribution in [0.25, 0.3) is 17.0 Å². The van der Waals surface area contributed by atoms with Crippen LogP contribution in [0.1, 0.15) is 16.8 Å². The summed E-state index contributed by atoms with van der Waals surface area (Å²) in [6.45, 7) is 1.78. The lowest BCUT2D eigenvalue weighted by atomic mass is 10.1. The molecule has 1 N–H and O–H groups in total. The minimum absolute atomic E-state index is 0. The second-order valence-electron chi connectivity index (χ2n) is 8.71. The average Bonchev–Trinajstić information content (AvgIpc) is 2.94. The molecule has 10 heteroatoms. The second kappa shape index (κ2) is 14.0. The lowest BCUT2D eigenvalue weighted by Gasteiger charge is -2.21. The van der Waals surface area contributed by atoms with Crippen molar-refractivity contribution in [1.29, 1.82) is 0 Å². The number of nitrogens with zero attached hydrogens (tertiary/aromatic N) is 2. The fraction of sp³-hybridized carbons (Fsp3) is 0.167. The molecule has 0 spiro atoms. The Bertz CT molecular complexity index is 1560. The lowest BCUT2D eigenvalue weighted by molar-refractivity contribution is -0.122. The number of fused-ring (bicyclic) bond motifs is 1. The molecule has 7 nitrogen and oxygen atoms in total. The van der Waals surface area contributed by atoms with Crippen LogP contribution in [-0.4, -0.2) is 37.5 Å². The number of hydrogen-bond acceptors (Lipinski definition) is 5. The highest BCUT2D eigenvalue weighted by Crippen LogP contribution is 2.35. The molecule has 208 valence electrons. The number of benzene rings is 3. The van der Waals surface area contributed by atoms with Crippen LogP contribution in [0.2, 0.25) is 10.0 Å². The van der Waals surface area contributed by atoms with Crippen molar-refractivity contribution in [3.63, 3.8) is 0 Å². The van der Waals surface area contributed by atoms with E-state index >= 15 is 0 Å². The largest absolute Gasteiger partial charge is 0.497 e.